The van der Waals surface area contributed by atoms with E-state index in [2.05, 4.69) is 0 Å². The number of carbonyl (C=O) groups excluding carboxylic acids is 1. The van der Waals surface area contributed by atoms with Gasteiger partial charge in [0, 0.05) is 19.4 Å². The number of rotatable bonds is 6. The van der Waals surface area contributed by atoms with Gasteiger partial charge in [0.2, 0.25) is 0 Å². The molecule has 0 aromatic rings. The molecule has 0 N–H and O–H groups in total. The lowest BCUT2D eigenvalue weighted by Crippen LogP contribution is -2.19. The number of carbonyl (C=O) groups is 1. The van der Waals surface area contributed by atoms with Crippen molar-refractivity contribution in [2.24, 2.45) is 5.92 Å². The van der Waals surface area contributed by atoms with Crippen LogP contribution in [0.1, 0.15) is 57.8 Å². The quantitative estimate of drug-likeness (QED) is 0.673. The monoisotopic (exact) mass is 210 g/mol. The highest BCUT2D eigenvalue weighted by Crippen LogP contribution is 2.33. The van der Waals surface area contributed by atoms with Crippen LogP contribution in [0.5, 0.6) is 0 Å². The minimum atomic E-state index is 0.378. The molecule has 1 aliphatic heterocycles. The molecule has 15 heavy (non-hydrogen) atoms. The molecule has 0 aromatic carbocycles. The van der Waals surface area contributed by atoms with Crippen molar-refractivity contribution in [2.75, 3.05) is 6.61 Å². The predicted octanol–water partition coefficient (Wildman–Crippen LogP) is 3.10. The second kappa shape index (κ2) is 5.64. The highest BCUT2D eigenvalue weighted by atomic mass is 16.5. The van der Waals surface area contributed by atoms with Gasteiger partial charge in [-0.1, -0.05) is 12.8 Å². The number of ketones is 1. The predicted molar refractivity (Wildman–Crippen MR) is 59.8 cm³/mol. The Morgan fingerprint density at radius 2 is 1.87 bits per heavy atom. The van der Waals surface area contributed by atoms with E-state index in [0.717, 1.165) is 44.6 Å². The van der Waals surface area contributed by atoms with Gasteiger partial charge >= 0.3 is 0 Å². The fourth-order valence-electron chi connectivity index (χ4n) is 2.25. The molecule has 1 saturated carbocycles. The second-order valence-electron chi connectivity index (χ2n) is 5.05. The van der Waals surface area contributed by atoms with Crippen LogP contribution in [-0.4, -0.2) is 18.5 Å². The van der Waals surface area contributed by atoms with Crippen LogP contribution in [0.4, 0.5) is 0 Å². The SMILES string of the molecule is O=C(CCC1CC1)CCC1CCCCO1. The van der Waals surface area contributed by atoms with Crippen LogP contribution in [-0.2, 0) is 9.53 Å². The summed E-state index contributed by atoms with van der Waals surface area (Å²) in [7, 11) is 0. The van der Waals surface area contributed by atoms with Gasteiger partial charge in [-0.15, -0.1) is 0 Å². The molecule has 1 aliphatic carbocycles. The first-order chi connectivity index (χ1) is 7.34. The van der Waals surface area contributed by atoms with Crippen molar-refractivity contribution in [3.05, 3.63) is 0 Å². The van der Waals surface area contributed by atoms with E-state index in [4.69, 9.17) is 4.74 Å². The Morgan fingerprint density at radius 1 is 1.07 bits per heavy atom. The summed E-state index contributed by atoms with van der Waals surface area (Å²) in [5.41, 5.74) is 0. The molecule has 0 aromatic heterocycles. The lowest BCUT2D eigenvalue weighted by Gasteiger charge is -2.22. The second-order valence-corrected chi connectivity index (χ2v) is 5.05. The first-order valence-electron chi connectivity index (χ1n) is 6.48. The lowest BCUT2D eigenvalue weighted by atomic mass is 10.0. The summed E-state index contributed by atoms with van der Waals surface area (Å²) in [6.07, 6.45) is 10.4. The summed E-state index contributed by atoms with van der Waals surface area (Å²) in [5.74, 6) is 1.34. The van der Waals surface area contributed by atoms with E-state index in [1.807, 2.05) is 0 Å². The molecule has 1 saturated heterocycles. The molecule has 0 amide bonds. The van der Waals surface area contributed by atoms with E-state index in [-0.39, 0.29) is 0 Å². The smallest absolute Gasteiger partial charge is 0.133 e. The summed E-state index contributed by atoms with van der Waals surface area (Å²) in [6.45, 7) is 0.904. The average molecular weight is 210 g/mol. The van der Waals surface area contributed by atoms with E-state index < -0.39 is 0 Å². The third-order valence-corrected chi connectivity index (χ3v) is 3.55. The molecule has 1 heterocycles. The molecule has 0 bridgehead atoms. The molecule has 1 unspecified atom stereocenters. The van der Waals surface area contributed by atoms with Crippen LogP contribution in [0.25, 0.3) is 0 Å². The van der Waals surface area contributed by atoms with Gasteiger partial charge in [0.15, 0.2) is 0 Å². The molecule has 2 fully saturated rings. The summed E-state index contributed by atoms with van der Waals surface area (Å²) in [4.78, 5) is 11.6. The molecule has 2 aliphatic rings. The minimum absolute atomic E-state index is 0.378. The summed E-state index contributed by atoms with van der Waals surface area (Å²) < 4.78 is 5.61. The number of ether oxygens (including phenoxy) is 1. The standard InChI is InChI=1S/C13H22O2/c14-12(7-6-11-4-5-11)8-9-13-3-1-2-10-15-13/h11,13H,1-10H2. The molecule has 2 rings (SSSR count). The largest absolute Gasteiger partial charge is 0.378 e. The normalized spacial score (nSPS) is 26.5. The van der Waals surface area contributed by atoms with Gasteiger partial charge in [-0.2, -0.15) is 0 Å². The van der Waals surface area contributed by atoms with Gasteiger partial charge in [0.05, 0.1) is 6.10 Å². The third kappa shape index (κ3) is 4.33. The fraction of sp³-hybridized carbons (Fsp3) is 0.923. The van der Waals surface area contributed by atoms with Crippen molar-refractivity contribution in [3.8, 4) is 0 Å². The topological polar surface area (TPSA) is 26.3 Å². The maximum Gasteiger partial charge on any atom is 0.133 e. The van der Waals surface area contributed by atoms with E-state index in [1.165, 1.54) is 25.7 Å². The first kappa shape index (κ1) is 11.1. The van der Waals surface area contributed by atoms with E-state index in [9.17, 15) is 4.79 Å². The van der Waals surface area contributed by atoms with Crippen molar-refractivity contribution < 1.29 is 9.53 Å². The zero-order valence-corrected chi connectivity index (χ0v) is 9.54. The average Bonchev–Trinajstić information content (AvgIpc) is 3.09. The maximum absolute atomic E-state index is 11.6. The van der Waals surface area contributed by atoms with Crippen molar-refractivity contribution >= 4 is 5.78 Å². The first-order valence-corrected chi connectivity index (χ1v) is 6.48. The van der Waals surface area contributed by atoms with Crippen LogP contribution < -0.4 is 0 Å². The summed E-state index contributed by atoms with van der Waals surface area (Å²) in [6, 6.07) is 0. The fourth-order valence-corrected chi connectivity index (χ4v) is 2.25. The Labute approximate surface area is 92.4 Å². The van der Waals surface area contributed by atoms with E-state index in [1.54, 1.807) is 0 Å². The van der Waals surface area contributed by atoms with Gasteiger partial charge in [-0.25, -0.2) is 0 Å². The Hall–Kier alpha value is -0.370. The molecule has 86 valence electrons. The Balaban J connectivity index is 1.53. The van der Waals surface area contributed by atoms with Crippen LogP contribution in [0, 0.1) is 5.92 Å². The number of Topliss-reactive ketones (excluding diaryl/α,β-unsaturated/α-hetero) is 1. The van der Waals surface area contributed by atoms with Crippen LogP contribution >= 0.6 is 0 Å². The number of hydrogen-bond acceptors (Lipinski definition) is 2. The van der Waals surface area contributed by atoms with E-state index >= 15 is 0 Å². The minimum Gasteiger partial charge on any atom is -0.378 e. The Bertz CT molecular complexity index is 203. The van der Waals surface area contributed by atoms with Crippen molar-refractivity contribution in [3.63, 3.8) is 0 Å². The van der Waals surface area contributed by atoms with Gasteiger partial charge in [-0.05, 0) is 38.0 Å². The van der Waals surface area contributed by atoms with Gasteiger partial charge in [-0.3, -0.25) is 4.79 Å². The Kier molecular flexibility index (Phi) is 4.18. The summed E-state index contributed by atoms with van der Waals surface area (Å²) in [5, 5.41) is 0. The Morgan fingerprint density at radius 3 is 2.53 bits per heavy atom. The van der Waals surface area contributed by atoms with Crippen LogP contribution in [0.3, 0.4) is 0 Å². The molecule has 0 radical (unpaired) electrons. The highest BCUT2D eigenvalue weighted by Gasteiger charge is 2.22. The van der Waals surface area contributed by atoms with Crippen molar-refractivity contribution in [2.45, 2.75) is 63.9 Å². The molecule has 2 heteroatoms. The molecular formula is C13H22O2. The molecule has 0 spiro atoms. The third-order valence-electron chi connectivity index (χ3n) is 3.55. The van der Waals surface area contributed by atoms with Gasteiger partial charge < -0.3 is 4.74 Å². The van der Waals surface area contributed by atoms with Gasteiger partial charge in [0.1, 0.15) is 5.78 Å². The highest BCUT2D eigenvalue weighted by molar-refractivity contribution is 5.78. The zero-order chi connectivity index (χ0) is 10.5. The van der Waals surface area contributed by atoms with Gasteiger partial charge in [0.25, 0.3) is 0 Å². The molecule has 1 atom stereocenters. The maximum atomic E-state index is 11.6. The van der Waals surface area contributed by atoms with Crippen molar-refractivity contribution in [1.82, 2.24) is 0 Å². The van der Waals surface area contributed by atoms with E-state index in [0.29, 0.717) is 11.9 Å². The zero-order valence-electron chi connectivity index (χ0n) is 9.54. The molecule has 2 nitrogen and oxygen atoms in total. The lowest BCUT2D eigenvalue weighted by molar-refractivity contribution is -0.120. The van der Waals surface area contributed by atoms with Crippen LogP contribution in [0.15, 0.2) is 0 Å². The summed E-state index contributed by atoms with van der Waals surface area (Å²) >= 11 is 0. The van der Waals surface area contributed by atoms with Crippen LogP contribution in [0.2, 0.25) is 0 Å². The van der Waals surface area contributed by atoms with Crippen molar-refractivity contribution in [1.29, 1.82) is 0 Å². The number of hydrogen-bond donors (Lipinski definition) is 0. The molecular weight excluding hydrogens is 188 g/mol.